The van der Waals surface area contributed by atoms with E-state index in [4.69, 9.17) is 22.1 Å². The van der Waals surface area contributed by atoms with Crippen LogP contribution >= 0.6 is 22.9 Å². The van der Waals surface area contributed by atoms with Crippen molar-refractivity contribution in [3.8, 4) is 0 Å². The van der Waals surface area contributed by atoms with Crippen LogP contribution in [0.2, 0.25) is 5.02 Å². The maximum atomic E-state index is 13.8. The fourth-order valence-electron chi connectivity index (χ4n) is 3.56. The molecule has 9 nitrogen and oxygen atoms in total. The molecule has 12 heteroatoms. The summed E-state index contributed by atoms with van der Waals surface area (Å²) < 4.78 is 33.8. The Hall–Kier alpha value is -4.19. The summed E-state index contributed by atoms with van der Waals surface area (Å²) in [6, 6.07) is 22.2. The number of benzene rings is 3. The monoisotopic (exact) mass is 583 g/mol. The number of primary amides is 1. The van der Waals surface area contributed by atoms with Gasteiger partial charge in [-0.3, -0.25) is 13.9 Å². The Morgan fingerprint density at radius 3 is 2.36 bits per heavy atom. The van der Waals surface area contributed by atoms with Gasteiger partial charge in [-0.1, -0.05) is 48.0 Å². The number of nitrogens with one attached hydrogen (secondary N) is 1. The topological polar surface area (TPSA) is 136 Å². The van der Waals surface area contributed by atoms with Gasteiger partial charge in [-0.2, -0.15) is 0 Å². The molecule has 0 fully saturated rings. The second-order valence-corrected chi connectivity index (χ2v) is 11.4. The second-order valence-electron chi connectivity index (χ2n) is 8.15. The van der Waals surface area contributed by atoms with Gasteiger partial charge in [0.05, 0.1) is 28.3 Å². The van der Waals surface area contributed by atoms with Crippen molar-refractivity contribution < 1.29 is 27.5 Å². The van der Waals surface area contributed by atoms with Crippen LogP contribution < -0.4 is 15.4 Å². The quantitative estimate of drug-likeness (QED) is 0.260. The van der Waals surface area contributed by atoms with Crippen molar-refractivity contribution >= 4 is 61.4 Å². The van der Waals surface area contributed by atoms with E-state index in [-0.39, 0.29) is 27.6 Å². The van der Waals surface area contributed by atoms with Crippen molar-refractivity contribution in [2.45, 2.75) is 11.4 Å². The third-order valence-corrected chi connectivity index (χ3v) is 8.31. The van der Waals surface area contributed by atoms with E-state index in [1.807, 2.05) is 18.2 Å². The van der Waals surface area contributed by atoms with Crippen LogP contribution in [0.4, 0.5) is 10.7 Å². The molecule has 2 amide bonds. The highest BCUT2D eigenvalue weighted by Gasteiger charge is 2.26. The van der Waals surface area contributed by atoms with E-state index in [9.17, 15) is 22.8 Å². The molecule has 3 aromatic carbocycles. The first-order chi connectivity index (χ1) is 18.6. The number of carbonyl (C=O) groups is 3. The molecule has 0 aliphatic rings. The van der Waals surface area contributed by atoms with Gasteiger partial charge in [0.1, 0.15) is 5.00 Å². The minimum atomic E-state index is -4.14. The maximum Gasteiger partial charge on any atom is 0.338 e. The Bertz CT molecular complexity index is 1610. The fourth-order valence-corrected chi connectivity index (χ4v) is 5.99. The lowest BCUT2D eigenvalue weighted by Gasteiger charge is -2.25. The van der Waals surface area contributed by atoms with Gasteiger partial charge in [0.15, 0.2) is 6.61 Å². The van der Waals surface area contributed by atoms with E-state index in [0.717, 1.165) is 16.9 Å². The number of sulfonamides is 1. The number of rotatable bonds is 10. The molecule has 0 radical (unpaired) electrons. The molecular formula is C27H22ClN3O6S2. The maximum absolute atomic E-state index is 13.8. The molecule has 0 spiro atoms. The van der Waals surface area contributed by atoms with E-state index in [1.54, 1.807) is 41.8 Å². The second kappa shape index (κ2) is 12.1. The molecule has 0 aliphatic carbocycles. The molecule has 3 N–H and O–H groups in total. The lowest BCUT2D eigenvalue weighted by Crippen LogP contribution is -2.30. The summed E-state index contributed by atoms with van der Waals surface area (Å²) >= 11 is 7.10. The van der Waals surface area contributed by atoms with Crippen molar-refractivity contribution in [1.29, 1.82) is 0 Å². The molecule has 1 aromatic heterocycles. The van der Waals surface area contributed by atoms with Crippen LogP contribution in [0.15, 0.2) is 95.2 Å². The third-order valence-electron chi connectivity index (χ3n) is 5.46. The molecule has 0 unspecified atom stereocenters. The van der Waals surface area contributed by atoms with E-state index < -0.39 is 34.4 Å². The van der Waals surface area contributed by atoms with Crippen LogP contribution in [0.1, 0.15) is 26.3 Å². The number of nitrogens with two attached hydrogens (primary N) is 1. The average Bonchev–Trinajstić information content (AvgIpc) is 3.40. The molecule has 0 bridgehead atoms. The highest BCUT2D eigenvalue weighted by molar-refractivity contribution is 7.92. The number of carbonyl (C=O) groups excluding carboxylic acids is 3. The molecule has 39 heavy (non-hydrogen) atoms. The number of hydrogen-bond donors (Lipinski definition) is 2. The van der Waals surface area contributed by atoms with Crippen LogP contribution in [-0.4, -0.2) is 32.8 Å². The van der Waals surface area contributed by atoms with Crippen molar-refractivity contribution in [1.82, 2.24) is 0 Å². The number of ether oxygens (including phenoxy) is 1. The van der Waals surface area contributed by atoms with Crippen LogP contribution in [0.25, 0.3) is 0 Å². The van der Waals surface area contributed by atoms with Crippen LogP contribution in [0.5, 0.6) is 0 Å². The Labute approximate surface area is 233 Å². The van der Waals surface area contributed by atoms with Gasteiger partial charge in [0, 0.05) is 5.02 Å². The Balaban J connectivity index is 1.53. The van der Waals surface area contributed by atoms with E-state index in [1.165, 1.54) is 34.6 Å². The van der Waals surface area contributed by atoms with Gasteiger partial charge in [0.25, 0.3) is 21.8 Å². The standard InChI is InChI=1S/C27H22ClN3O6S2/c28-20-9-11-21(12-10-20)31(16-18-5-2-1-3-6-18)39(35,36)22-8-4-7-19(15-22)27(34)37-17-24(32)30-26-23(25(29)33)13-14-38-26/h1-15H,16-17H2,(H2,29,33)(H,30,32). The number of nitrogens with zero attached hydrogens (tertiary/aromatic N) is 1. The van der Waals surface area contributed by atoms with E-state index in [2.05, 4.69) is 5.32 Å². The zero-order chi connectivity index (χ0) is 28.0. The predicted octanol–water partition coefficient (Wildman–Crippen LogP) is 4.69. The van der Waals surface area contributed by atoms with Gasteiger partial charge in [0.2, 0.25) is 0 Å². The largest absolute Gasteiger partial charge is 0.452 e. The third kappa shape index (κ3) is 6.82. The fraction of sp³-hybridized carbons (Fsp3) is 0.0741. The molecule has 4 aromatic rings. The highest BCUT2D eigenvalue weighted by atomic mass is 35.5. The number of hydrogen-bond acceptors (Lipinski definition) is 7. The Kier molecular flexibility index (Phi) is 8.65. The van der Waals surface area contributed by atoms with Crippen molar-refractivity contribution in [3.05, 3.63) is 112 Å². The molecule has 1 heterocycles. The normalized spacial score (nSPS) is 11.0. The minimum absolute atomic E-state index is 0.0374. The summed E-state index contributed by atoms with van der Waals surface area (Å²) in [5, 5.41) is 4.73. The van der Waals surface area contributed by atoms with Crippen LogP contribution in [0.3, 0.4) is 0 Å². The summed E-state index contributed by atoms with van der Waals surface area (Å²) in [5.41, 5.74) is 6.48. The smallest absolute Gasteiger partial charge is 0.338 e. The van der Waals surface area contributed by atoms with Crippen molar-refractivity contribution in [2.75, 3.05) is 16.2 Å². The number of thiophene rings is 1. The Morgan fingerprint density at radius 1 is 0.949 bits per heavy atom. The van der Waals surface area contributed by atoms with Gasteiger partial charge >= 0.3 is 5.97 Å². The minimum Gasteiger partial charge on any atom is -0.452 e. The van der Waals surface area contributed by atoms with Crippen LogP contribution in [0, 0.1) is 0 Å². The van der Waals surface area contributed by atoms with Gasteiger partial charge < -0.3 is 15.8 Å². The first kappa shape index (κ1) is 27.8. The molecule has 4 rings (SSSR count). The van der Waals surface area contributed by atoms with Gasteiger partial charge in [-0.05, 0) is 59.5 Å². The number of halogens is 1. The first-order valence-electron chi connectivity index (χ1n) is 11.4. The molecule has 0 saturated heterocycles. The molecule has 0 atom stereocenters. The van der Waals surface area contributed by atoms with Gasteiger partial charge in [-0.15, -0.1) is 11.3 Å². The summed E-state index contributed by atoms with van der Waals surface area (Å²) in [6.07, 6.45) is 0. The summed E-state index contributed by atoms with van der Waals surface area (Å²) in [7, 11) is -4.14. The zero-order valence-corrected chi connectivity index (χ0v) is 22.6. The molecule has 200 valence electrons. The number of amides is 2. The van der Waals surface area contributed by atoms with Crippen molar-refractivity contribution in [3.63, 3.8) is 0 Å². The molecule has 0 aliphatic heterocycles. The number of esters is 1. The lowest BCUT2D eigenvalue weighted by molar-refractivity contribution is -0.119. The summed E-state index contributed by atoms with van der Waals surface area (Å²) in [4.78, 5) is 36.2. The summed E-state index contributed by atoms with van der Waals surface area (Å²) in [5.74, 6) is -2.29. The Morgan fingerprint density at radius 2 is 1.67 bits per heavy atom. The average molecular weight is 584 g/mol. The highest BCUT2D eigenvalue weighted by Crippen LogP contribution is 2.28. The number of anilines is 2. The van der Waals surface area contributed by atoms with Crippen molar-refractivity contribution in [2.24, 2.45) is 5.73 Å². The molecule has 0 saturated carbocycles. The summed E-state index contributed by atoms with van der Waals surface area (Å²) in [6.45, 7) is -0.619. The predicted molar refractivity (Wildman–Crippen MR) is 149 cm³/mol. The van der Waals surface area contributed by atoms with E-state index >= 15 is 0 Å². The first-order valence-corrected chi connectivity index (χ1v) is 14.1. The lowest BCUT2D eigenvalue weighted by atomic mass is 10.2. The van der Waals surface area contributed by atoms with Gasteiger partial charge in [-0.25, -0.2) is 13.2 Å². The molecular weight excluding hydrogens is 562 g/mol. The van der Waals surface area contributed by atoms with Crippen LogP contribution in [-0.2, 0) is 26.1 Å². The zero-order valence-electron chi connectivity index (χ0n) is 20.2. The van der Waals surface area contributed by atoms with E-state index in [0.29, 0.717) is 10.7 Å². The SMILES string of the molecule is NC(=O)c1ccsc1NC(=O)COC(=O)c1cccc(S(=O)(=O)N(Cc2ccccc2)c2ccc(Cl)cc2)c1.